The molecule has 1 saturated heterocycles. The van der Waals surface area contributed by atoms with Gasteiger partial charge in [-0.2, -0.15) is 0 Å². The number of hydrogen-bond donors (Lipinski definition) is 1. The minimum Gasteiger partial charge on any atom is -0.492 e. The molecule has 2 aromatic rings. The Hall–Kier alpha value is -2.28. The molecular formula is C22H28ClN3O3. The number of morpholine rings is 1. The van der Waals surface area contributed by atoms with Gasteiger partial charge in [0.15, 0.2) is 0 Å². The first-order valence-electron chi connectivity index (χ1n) is 9.85. The first-order chi connectivity index (χ1) is 14.0. The van der Waals surface area contributed by atoms with Gasteiger partial charge in [0.05, 0.1) is 19.8 Å². The SMILES string of the molecule is CC(c1ccc(NC(=O)N(C)CCOc2ccc(Cl)cc2)cc1)N1CCOCC1. The summed E-state index contributed by atoms with van der Waals surface area (Å²) in [6.07, 6.45) is 0. The fraction of sp³-hybridized carbons (Fsp3) is 0.409. The molecule has 0 spiro atoms. The Labute approximate surface area is 177 Å². The Balaban J connectivity index is 1.44. The van der Waals surface area contributed by atoms with Crippen LogP contribution in [0, 0.1) is 0 Å². The molecule has 1 aliphatic rings. The van der Waals surface area contributed by atoms with Crippen molar-refractivity contribution in [1.29, 1.82) is 0 Å². The minimum atomic E-state index is -0.168. The van der Waals surface area contributed by atoms with Crippen molar-refractivity contribution in [2.75, 3.05) is 51.8 Å². The summed E-state index contributed by atoms with van der Waals surface area (Å²) in [5, 5.41) is 3.59. The van der Waals surface area contributed by atoms with Gasteiger partial charge >= 0.3 is 6.03 Å². The van der Waals surface area contributed by atoms with Gasteiger partial charge in [0.2, 0.25) is 0 Å². The molecule has 6 nitrogen and oxygen atoms in total. The largest absolute Gasteiger partial charge is 0.492 e. The lowest BCUT2D eigenvalue weighted by Gasteiger charge is -2.32. The van der Waals surface area contributed by atoms with Crippen molar-refractivity contribution < 1.29 is 14.3 Å². The molecule has 1 atom stereocenters. The third-order valence-corrected chi connectivity index (χ3v) is 5.35. The molecule has 1 N–H and O–H groups in total. The number of rotatable bonds is 7. The summed E-state index contributed by atoms with van der Waals surface area (Å²) in [6, 6.07) is 15.4. The van der Waals surface area contributed by atoms with Gasteiger partial charge in [0, 0.05) is 36.9 Å². The molecule has 0 saturated carbocycles. The van der Waals surface area contributed by atoms with Gasteiger partial charge in [-0.25, -0.2) is 4.79 Å². The van der Waals surface area contributed by atoms with Crippen LogP contribution in [-0.2, 0) is 4.74 Å². The molecule has 156 valence electrons. The van der Waals surface area contributed by atoms with Crippen LogP contribution >= 0.6 is 11.6 Å². The minimum absolute atomic E-state index is 0.168. The van der Waals surface area contributed by atoms with Gasteiger partial charge in [-0.05, 0) is 48.9 Å². The summed E-state index contributed by atoms with van der Waals surface area (Å²) in [4.78, 5) is 16.4. The Kier molecular flexibility index (Phi) is 7.75. The van der Waals surface area contributed by atoms with E-state index in [4.69, 9.17) is 21.1 Å². The lowest BCUT2D eigenvalue weighted by molar-refractivity contribution is 0.0198. The number of amides is 2. The topological polar surface area (TPSA) is 54.0 Å². The van der Waals surface area contributed by atoms with Gasteiger partial charge in [-0.3, -0.25) is 4.90 Å². The molecule has 1 fully saturated rings. The highest BCUT2D eigenvalue weighted by Crippen LogP contribution is 2.23. The van der Waals surface area contributed by atoms with E-state index in [-0.39, 0.29) is 6.03 Å². The van der Waals surface area contributed by atoms with E-state index >= 15 is 0 Å². The fourth-order valence-electron chi connectivity index (χ4n) is 3.17. The number of hydrogen-bond acceptors (Lipinski definition) is 4. The van der Waals surface area contributed by atoms with Crippen LogP contribution in [0.4, 0.5) is 10.5 Å². The Morgan fingerprint density at radius 1 is 1.17 bits per heavy atom. The maximum Gasteiger partial charge on any atom is 0.321 e. The molecule has 1 heterocycles. The lowest BCUT2D eigenvalue weighted by Crippen LogP contribution is -2.38. The number of carbonyl (C=O) groups is 1. The number of halogens is 1. The van der Waals surface area contributed by atoms with Crippen LogP contribution in [-0.4, -0.2) is 62.3 Å². The van der Waals surface area contributed by atoms with Gasteiger partial charge in [0.1, 0.15) is 12.4 Å². The van der Waals surface area contributed by atoms with E-state index in [0.717, 1.165) is 37.7 Å². The molecule has 0 radical (unpaired) electrons. The first-order valence-corrected chi connectivity index (χ1v) is 10.2. The van der Waals surface area contributed by atoms with Crippen molar-refractivity contribution in [3.63, 3.8) is 0 Å². The number of carbonyl (C=O) groups excluding carboxylic acids is 1. The highest BCUT2D eigenvalue weighted by Gasteiger charge is 2.18. The third-order valence-electron chi connectivity index (χ3n) is 5.09. The van der Waals surface area contributed by atoms with E-state index in [1.165, 1.54) is 5.56 Å². The molecule has 1 unspecified atom stereocenters. The van der Waals surface area contributed by atoms with Crippen LogP contribution in [0.2, 0.25) is 5.02 Å². The monoisotopic (exact) mass is 417 g/mol. The van der Waals surface area contributed by atoms with Crippen LogP contribution in [0.1, 0.15) is 18.5 Å². The number of anilines is 1. The number of nitrogens with zero attached hydrogens (tertiary/aromatic N) is 2. The van der Waals surface area contributed by atoms with Crippen molar-refractivity contribution in [2.45, 2.75) is 13.0 Å². The van der Waals surface area contributed by atoms with E-state index in [9.17, 15) is 4.79 Å². The predicted molar refractivity (Wildman–Crippen MR) is 116 cm³/mol. The lowest BCUT2D eigenvalue weighted by atomic mass is 10.1. The van der Waals surface area contributed by atoms with E-state index < -0.39 is 0 Å². The van der Waals surface area contributed by atoms with Crippen molar-refractivity contribution in [1.82, 2.24) is 9.80 Å². The molecule has 3 rings (SSSR count). The van der Waals surface area contributed by atoms with E-state index in [1.807, 2.05) is 24.3 Å². The average molecular weight is 418 g/mol. The molecule has 2 amide bonds. The molecule has 0 aromatic heterocycles. The average Bonchev–Trinajstić information content (AvgIpc) is 2.75. The normalized spacial score (nSPS) is 15.6. The second-order valence-corrected chi connectivity index (χ2v) is 7.54. The summed E-state index contributed by atoms with van der Waals surface area (Å²) in [7, 11) is 1.75. The number of urea groups is 1. The summed E-state index contributed by atoms with van der Waals surface area (Å²) in [5.74, 6) is 0.730. The molecular weight excluding hydrogens is 390 g/mol. The first kappa shape index (κ1) is 21.4. The molecule has 7 heteroatoms. The number of ether oxygens (including phenoxy) is 2. The summed E-state index contributed by atoms with van der Waals surface area (Å²) in [5.41, 5.74) is 2.01. The van der Waals surface area contributed by atoms with Crippen molar-refractivity contribution >= 4 is 23.3 Å². The quantitative estimate of drug-likeness (QED) is 0.730. The zero-order chi connectivity index (χ0) is 20.6. The summed E-state index contributed by atoms with van der Waals surface area (Å²) in [6.45, 7) is 6.54. The summed E-state index contributed by atoms with van der Waals surface area (Å²) >= 11 is 5.86. The Morgan fingerprint density at radius 2 is 1.83 bits per heavy atom. The van der Waals surface area contributed by atoms with Crippen molar-refractivity contribution in [3.8, 4) is 5.75 Å². The number of nitrogens with one attached hydrogen (secondary N) is 1. The highest BCUT2D eigenvalue weighted by molar-refractivity contribution is 6.30. The Bertz CT molecular complexity index is 777. The summed E-state index contributed by atoms with van der Waals surface area (Å²) < 4.78 is 11.1. The van der Waals surface area contributed by atoms with Crippen LogP contribution in [0.3, 0.4) is 0 Å². The van der Waals surface area contributed by atoms with Gasteiger partial charge < -0.3 is 19.7 Å². The van der Waals surface area contributed by atoms with Crippen LogP contribution < -0.4 is 10.1 Å². The zero-order valence-electron chi connectivity index (χ0n) is 16.9. The van der Waals surface area contributed by atoms with Gasteiger partial charge in [-0.15, -0.1) is 0 Å². The second-order valence-electron chi connectivity index (χ2n) is 7.10. The molecule has 0 aliphatic carbocycles. The van der Waals surface area contributed by atoms with Gasteiger partial charge in [-0.1, -0.05) is 23.7 Å². The molecule has 2 aromatic carbocycles. The smallest absolute Gasteiger partial charge is 0.321 e. The Morgan fingerprint density at radius 3 is 2.48 bits per heavy atom. The molecule has 0 bridgehead atoms. The fourth-order valence-corrected chi connectivity index (χ4v) is 3.30. The van der Waals surface area contributed by atoms with E-state index in [2.05, 4.69) is 29.3 Å². The maximum absolute atomic E-state index is 12.4. The van der Waals surface area contributed by atoms with Gasteiger partial charge in [0.25, 0.3) is 0 Å². The number of likely N-dealkylation sites (N-methyl/N-ethyl adjacent to an activating group) is 1. The zero-order valence-corrected chi connectivity index (χ0v) is 17.7. The van der Waals surface area contributed by atoms with Crippen LogP contribution in [0.25, 0.3) is 0 Å². The second kappa shape index (κ2) is 10.5. The maximum atomic E-state index is 12.4. The third kappa shape index (κ3) is 6.35. The van der Waals surface area contributed by atoms with E-state index in [0.29, 0.717) is 24.2 Å². The van der Waals surface area contributed by atoms with E-state index in [1.54, 1.807) is 24.1 Å². The van der Waals surface area contributed by atoms with Crippen molar-refractivity contribution in [2.24, 2.45) is 0 Å². The number of benzene rings is 2. The predicted octanol–water partition coefficient (Wildman–Crippen LogP) is 4.28. The standard InChI is InChI=1S/C22H28ClN3O3/c1-17(26-12-14-28-15-13-26)18-3-7-20(8-4-18)24-22(27)25(2)11-16-29-21-9-5-19(23)6-10-21/h3-10,17H,11-16H2,1-2H3,(H,24,27). The van der Waals surface area contributed by atoms with Crippen LogP contribution in [0.5, 0.6) is 5.75 Å². The highest BCUT2D eigenvalue weighted by atomic mass is 35.5. The molecule has 29 heavy (non-hydrogen) atoms. The molecule has 1 aliphatic heterocycles. The van der Waals surface area contributed by atoms with Crippen molar-refractivity contribution in [3.05, 3.63) is 59.1 Å². The van der Waals surface area contributed by atoms with Crippen LogP contribution in [0.15, 0.2) is 48.5 Å².